The summed E-state index contributed by atoms with van der Waals surface area (Å²) in [5.41, 5.74) is 3.88. The molecule has 0 atom stereocenters. The van der Waals surface area contributed by atoms with E-state index in [2.05, 4.69) is 17.2 Å². The van der Waals surface area contributed by atoms with Crippen LogP contribution in [0.3, 0.4) is 0 Å². The first kappa shape index (κ1) is 18.7. The highest BCUT2D eigenvalue weighted by Crippen LogP contribution is 2.31. The lowest BCUT2D eigenvalue weighted by atomic mass is 10.1. The lowest BCUT2D eigenvalue weighted by Gasteiger charge is -2.15. The van der Waals surface area contributed by atoms with Gasteiger partial charge in [-0.2, -0.15) is 0 Å². The number of hydrogen-bond acceptors (Lipinski definition) is 5. The summed E-state index contributed by atoms with van der Waals surface area (Å²) >= 11 is 0. The van der Waals surface area contributed by atoms with Crippen molar-refractivity contribution < 1.29 is 14.3 Å². The van der Waals surface area contributed by atoms with Crippen LogP contribution in [0.1, 0.15) is 36.2 Å². The van der Waals surface area contributed by atoms with Crippen molar-refractivity contribution in [2.75, 3.05) is 18.5 Å². The van der Waals surface area contributed by atoms with E-state index in [1.807, 2.05) is 49.4 Å². The van der Waals surface area contributed by atoms with E-state index in [0.29, 0.717) is 24.5 Å². The summed E-state index contributed by atoms with van der Waals surface area (Å²) in [6, 6.07) is 13.6. The van der Waals surface area contributed by atoms with E-state index in [9.17, 15) is 4.79 Å². The molecule has 5 heteroatoms. The third-order valence-corrected chi connectivity index (χ3v) is 4.19. The Balaban J connectivity index is 2.01. The van der Waals surface area contributed by atoms with Crippen LogP contribution in [0.5, 0.6) is 5.75 Å². The number of fused-ring (bicyclic) bond motifs is 1. The Bertz CT molecular complexity index is 936. The number of carbonyl (C=O) groups is 1. The second-order valence-electron chi connectivity index (χ2n) is 6.24. The fourth-order valence-electron chi connectivity index (χ4n) is 2.87. The van der Waals surface area contributed by atoms with Crippen LogP contribution in [0.4, 0.5) is 11.4 Å². The average Bonchev–Trinajstić information content (AvgIpc) is 2.68. The normalized spacial score (nSPS) is 10.6. The summed E-state index contributed by atoms with van der Waals surface area (Å²) in [7, 11) is 0. The van der Waals surface area contributed by atoms with Gasteiger partial charge in [0.1, 0.15) is 11.3 Å². The standard InChI is InChI=1S/C22H24N2O3/c1-4-13-27-17-11-9-16(10-12-17)24-21-18-8-6-7-15(3)20(18)23-14-19(21)22(25)26-5-2/h6-12,14H,4-5,13H2,1-3H3,(H,23,24). The van der Waals surface area contributed by atoms with Gasteiger partial charge >= 0.3 is 5.97 Å². The summed E-state index contributed by atoms with van der Waals surface area (Å²) in [6.45, 7) is 6.87. The van der Waals surface area contributed by atoms with Crippen LogP contribution in [0.2, 0.25) is 0 Å². The number of aryl methyl sites for hydroxylation is 1. The predicted octanol–water partition coefficient (Wildman–Crippen LogP) is 5.25. The van der Waals surface area contributed by atoms with Gasteiger partial charge < -0.3 is 14.8 Å². The number of para-hydroxylation sites is 1. The summed E-state index contributed by atoms with van der Waals surface area (Å²) in [5.74, 6) is 0.433. The second-order valence-corrected chi connectivity index (χ2v) is 6.24. The minimum atomic E-state index is -0.390. The number of hydrogen-bond donors (Lipinski definition) is 1. The summed E-state index contributed by atoms with van der Waals surface area (Å²) in [4.78, 5) is 16.9. The Kier molecular flexibility index (Phi) is 5.91. The zero-order chi connectivity index (χ0) is 19.2. The van der Waals surface area contributed by atoms with Gasteiger partial charge in [0, 0.05) is 17.3 Å². The van der Waals surface area contributed by atoms with E-state index < -0.39 is 0 Å². The topological polar surface area (TPSA) is 60.5 Å². The van der Waals surface area contributed by atoms with E-state index in [1.54, 1.807) is 13.1 Å². The molecule has 2 aromatic carbocycles. The number of ether oxygens (including phenoxy) is 2. The first-order valence-corrected chi connectivity index (χ1v) is 9.19. The van der Waals surface area contributed by atoms with E-state index >= 15 is 0 Å². The first-order valence-electron chi connectivity index (χ1n) is 9.19. The highest BCUT2D eigenvalue weighted by molar-refractivity contribution is 6.06. The molecule has 0 saturated carbocycles. The molecule has 0 saturated heterocycles. The average molecular weight is 364 g/mol. The van der Waals surface area contributed by atoms with Gasteiger partial charge in [-0.25, -0.2) is 4.79 Å². The SMILES string of the molecule is CCCOc1ccc(Nc2c(C(=O)OCC)cnc3c(C)cccc23)cc1. The molecule has 1 heterocycles. The van der Waals surface area contributed by atoms with Crippen molar-refractivity contribution in [1.29, 1.82) is 0 Å². The number of carbonyl (C=O) groups excluding carboxylic acids is 1. The fourth-order valence-corrected chi connectivity index (χ4v) is 2.87. The second kappa shape index (κ2) is 8.54. The Morgan fingerprint density at radius 3 is 2.59 bits per heavy atom. The largest absolute Gasteiger partial charge is 0.494 e. The van der Waals surface area contributed by atoms with Crippen LogP contribution in [-0.4, -0.2) is 24.2 Å². The van der Waals surface area contributed by atoms with Crippen molar-refractivity contribution in [1.82, 2.24) is 4.98 Å². The van der Waals surface area contributed by atoms with Gasteiger partial charge in [-0.05, 0) is 50.1 Å². The number of nitrogens with one attached hydrogen (secondary N) is 1. The number of anilines is 2. The third-order valence-electron chi connectivity index (χ3n) is 4.19. The van der Waals surface area contributed by atoms with Crippen LogP contribution in [-0.2, 0) is 4.74 Å². The quantitative estimate of drug-likeness (QED) is 0.580. The first-order chi connectivity index (χ1) is 13.1. The van der Waals surface area contributed by atoms with Crippen molar-refractivity contribution in [3.05, 3.63) is 59.8 Å². The molecule has 140 valence electrons. The maximum Gasteiger partial charge on any atom is 0.341 e. The van der Waals surface area contributed by atoms with Crippen LogP contribution in [0.25, 0.3) is 10.9 Å². The zero-order valence-corrected chi connectivity index (χ0v) is 15.9. The molecule has 27 heavy (non-hydrogen) atoms. The molecule has 3 rings (SSSR count). The number of rotatable bonds is 7. The predicted molar refractivity (Wildman–Crippen MR) is 108 cm³/mol. The van der Waals surface area contributed by atoms with Crippen molar-refractivity contribution >= 4 is 28.2 Å². The number of esters is 1. The van der Waals surface area contributed by atoms with Crippen molar-refractivity contribution in [3.8, 4) is 5.75 Å². The molecule has 0 aliphatic heterocycles. The van der Waals surface area contributed by atoms with E-state index in [4.69, 9.17) is 9.47 Å². The van der Waals surface area contributed by atoms with E-state index in [1.165, 1.54) is 0 Å². The Labute approximate surface area is 159 Å². The number of nitrogens with zero attached hydrogens (tertiary/aromatic N) is 1. The van der Waals surface area contributed by atoms with Gasteiger partial charge in [0.15, 0.2) is 0 Å². The fraction of sp³-hybridized carbons (Fsp3) is 0.273. The molecule has 0 aliphatic rings. The zero-order valence-electron chi connectivity index (χ0n) is 15.9. The summed E-state index contributed by atoms with van der Waals surface area (Å²) in [6.07, 6.45) is 2.54. The molecule has 5 nitrogen and oxygen atoms in total. The molecular formula is C22H24N2O3. The minimum absolute atomic E-state index is 0.313. The van der Waals surface area contributed by atoms with Gasteiger partial charge in [-0.3, -0.25) is 4.98 Å². The molecule has 0 fully saturated rings. The monoisotopic (exact) mass is 364 g/mol. The Hall–Kier alpha value is -3.08. The van der Waals surface area contributed by atoms with Gasteiger partial charge in [0.05, 0.1) is 24.4 Å². The molecular weight excluding hydrogens is 340 g/mol. The lowest BCUT2D eigenvalue weighted by Crippen LogP contribution is -2.09. The molecule has 0 unspecified atom stereocenters. The van der Waals surface area contributed by atoms with Crippen molar-refractivity contribution in [2.45, 2.75) is 27.2 Å². The van der Waals surface area contributed by atoms with E-state index in [0.717, 1.165) is 34.3 Å². The van der Waals surface area contributed by atoms with Crippen LogP contribution >= 0.6 is 0 Å². The van der Waals surface area contributed by atoms with Gasteiger partial charge in [0.25, 0.3) is 0 Å². The Morgan fingerprint density at radius 2 is 1.89 bits per heavy atom. The van der Waals surface area contributed by atoms with Crippen LogP contribution < -0.4 is 10.1 Å². The number of pyridine rings is 1. The third kappa shape index (κ3) is 4.19. The molecule has 1 aromatic heterocycles. The molecule has 0 spiro atoms. The number of benzene rings is 2. The number of aromatic nitrogens is 1. The smallest absolute Gasteiger partial charge is 0.341 e. The maximum absolute atomic E-state index is 12.4. The molecule has 0 bridgehead atoms. The molecule has 0 radical (unpaired) electrons. The highest BCUT2D eigenvalue weighted by atomic mass is 16.5. The molecule has 1 N–H and O–H groups in total. The summed E-state index contributed by atoms with van der Waals surface area (Å²) < 4.78 is 10.8. The molecule has 0 amide bonds. The van der Waals surface area contributed by atoms with Gasteiger partial charge in [0.2, 0.25) is 0 Å². The molecule has 0 aliphatic carbocycles. The van der Waals surface area contributed by atoms with Gasteiger partial charge in [-0.1, -0.05) is 25.1 Å². The van der Waals surface area contributed by atoms with Crippen LogP contribution in [0.15, 0.2) is 48.7 Å². The summed E-state index contributed by atoms with van der Waals surface area (Å²) in [5, 5.41) is 4.25. The van der Waals surface area contributed by atoms with Gasteiger partial charge in [-0.15, -0.1) is 0 Å². The lowest BCUT2D eigenvalue weighted by molar-refractivity contribution is 0.0527. The van der Waals surface area contributed by atoms with E-state index in [-0.39, 0.29) is 5.97 Å². The van der Waals surface area contributed by atoms with Crippen molar-refractivity contribution in [3.63, 3.8) is 0 Å². The maximum atomic E-state index is 12.4. The highest BCUT2D eigenvalue weighted by Gasteiger charge is 2.17. The van der Waals surface area contributed by atoms with Crippen LogP contribution in [0, 0.1) is 6.92 Å². The molecule has 3 aromatic rings. The minimum Gasteiger partial charge on any atom is -0.494 e. The Morgan fingerprint density at radius 1 is 1.11 bits per heavy atom. The van der Waals surface area contributed by atoms with Crippen molar-refractivity contribution in [2.24, 2.45) is 0 Å².